The summed E-state index contributed by atoms with van der Waals surface area (Å²) in [5.74, 6) is -1.72. The van der Waals surface area contributed by atoms with E-state index in [0.717, 1.165) is 5.56 Å². The Kier molecular flexibility index (Phi) is 9.75. The smallest absolute Gasteiger partial charge is 0.253 e. The molecule has 46 heavy (non-hydrogen) atoms. The van der Waals surface area contributed by atoms with Crippen LogP contribution in [0.25, 0.3) is 0 Å². The number of amides is 3. The van der Waals surface area contributed by atoms with Gasteiger partial charge in [0.1, 0.15) is 17.4 Å². The molecular weight excluding hydrogens is 582 g/mol. The highest BCUT2D eigenvalue weighted by Crippen LogP contribution is 2.64. The summed E-state index contributed by atoms with van der Waals surface area (Å²) >= 11 is 0. The Labute approximate surface area is 272 Å². The number of nitrogens with zero attached hydrogens (tertiary/aromatic N) is 3. The van der Waals surface area contributed by atoms with E-state index in [1.807, 2.05) is 51.1 Å². The number of hydrogen-bond acceptors (Lipinski definition) is 6. The molecule has 2 aromatic rings. The van der Waals surface area contributed by atoms with Gasteiger partial charge < -0.3 is 29.3 Å². The predicted molar refractivity (Wildman–Crippen MR) is 177 cm³/mol. The Balaban J connectivity index is 1.60. The van der Waals surface area contributed by atoms with Crippen LogP contribution in [-0.2, 0) is 25.7 Å². The molecule has 1 spiro atoms. The lowest BCUT2D eigenvalue weighted by molar-refractivity contribution is -0.152. The van der Waals surface area contributed by atoms with E-state index in [-0.39, 0.29) is 36.8 Å². The van der Waals surface area contributed by atoms with Gasteiger partial charge in [-0.15, -0.1) is 13.2 Å². The summed E-state index contributed by atoms with van der Waals surface area (Å²) in [7, 11) is 1.58. The van der Waals surface area contributed by atoms with Gasteiger partial charge in [-0.3, -0.25) is 14.4 Å². The standard InChI is InChI=1S/C37H47N3O6/c1-7-20-38(23-26-12-10-9-11-13-26)33(42)30-31-34(43)40(28(24-41)22-25(3)4)32(37(31)19-18-36(30,5)46-37)35(44)39(21-8-2)27-14-16-29(45-6)17-15-27/h7-17,25,28,30-32,41H,1-2,18-24H2,3-6H3/t28-,30-,31+,32?,36+,37?/m1/s1. The van der Waals surface area contributed by atoms with Gasteiger partial charge in [-0.25, -0.2) is 0 Å². The van der Waals surface area contributed by atoms with Gasteiger partial charge >= 0.3 is 0 Å². The third-order valence-electron chi connectivity index (χ3n) is 9.90. The monoisotopic (exact) mass is 629 g/mol. The van der Waals surface area contributed by atoms with E-state index >= 15 is 0 Å². The average molecular weight is 630 g/mol. The Morgan fingerprint density at radius 3 is 2.33 bits per heavy atom. The van der Waals surface area contributed by atoms with Crippen molar-refractivity contribution < 1.29 is 29.0 Å². The largest absolute Gasteiger partial charge is 0.497 e. The molecular formula is C37H47N3O6. The molecule has 1 N–H and O–H groups in total. The average Bonchev–Trinajstić information content (AvgIpc) is 3.62. The number of carbonyl (C=O) groups is 3. The van der Waals surface area contributed by atoms with Gasteiger partial charge in [0.15, 0.2) is 0 Å². The molecule has 9 heteroatoms. The van der Waals surface area contributed by atoms with E-state index in [2.05, 4.69) is 13.2 Å². The summed E-state index contributed by atoms with van der Waals surface area (Å²) < 4.78 is 12.2. The van der Waals surface area contributed by atoms with E-state index in [1.165, 1.54) is 0 Å². The minimum Gasteiger partial charge on any atom is -0.497 e. The molecule has 3 amide bonds. The molecule has 3 fully saturated rings. The van der Waals surface area contributed by atoms with Gasteiger partial charge in [-0.05, 0) is 61.9 Å². The fraction of sp³-hybridized carbons (Fsp3) is 0.486. The van der Waals surface area contributed by atoms with Crippen LogP contribution in [-0.4, -0.2) is 82.7 Å². The first-order chi connectivity index (χ1) is 22.0. The first-order valence-corrected chi connectivity index (χ1v) is 16.2. The molecule has 0 aliphatic carbocycles. The number of methoxy groups -OCH3 is 1. The second kappa shape index (κ2) is 13.4. The normalized spacial score (nSPS) is 27.0. The van der Waals surface area contributed by atoms with Crippen LogP contribution in [0.2, 0.25) is 0 Å². The first kappa shape index (κ1) is 33.4. The van der Waals surface area contributed by atoms with E-state index < -0.39 is 35.1 Å². The van der Waals surface area contributed by atoms with E-state index in [9.17, 15) is 19.5 Å². The van der Waals surface area contributed by atoms with Gasteiger partial charge in [-0.2, -0.15) is 0 Å². The van der Waals surface area contributed by atoms with Crippen molar-refractivity contribution in [3.05, 3.63) is 85.5 Å². The van der Waals surface area contributed by atoms with E-state index in [1.54, 1.807) is 58.2 Å². The van der Waals surface area contributed by atoms with Crippen molar-refractivity contribution in [3.8, 4) is 5.75 Å². The van der Waals surface area contributed by atoms with Gasteiger partial charge in [0.05, 0.1) is 37.2 Å². The lowest BCUT2D eigenvalue weighted by Crippen LogP contribution is -2.59. The molecule has 9 nitrogen and oxygen atoms in total. The van der Waals surface area contributed by atoms with Crippen LogP contribution in [0.15, 0.2) is 79.9 Å². The van der Waals surface area contributed by atoms with Crippen molar-refractivity contribution in [2.24, 2.45) is 17.8 Å². The number of likely N-dealkylation sites (tertiary alicyclic amines) is 1. The quantitative estimate of drug-likeness (QED) is 0.307. The highest BCUT2D eigenvalue weighted by molar-refractivity contribution is 6.05. The zero-order chi connectivity index (χ0) is 33.2. The highest BCUT2D eigenvalue weighted by atomic mass is 16.5. The molecule has 2 unspecified atom stereocenters. The van der Waals surface area contributed by atoms with Crippen LogP contribution in [0, 0.1) is 17.8 Å². The number of anilines is 1. The number of fused-ring (bicyclic) bond motifs is 1. The maximum Gasteiger partial charge on any atom is 0.253 e. The lowest BCUT2D eigenvalue weighted by Gasteiger charge is -2.40. The fourth-order valence-electron chi connectivity index (χ4n) is 7.98. The SMILES string of the molecule is C=CCN(Cc1ccccc1)C(=O)[C@H]1[C@H]2C(=O)N([C@@H](CO)CC(C)C)C(C(=O)N(CC=C)c3ccc(OC)cc3)C23CC[C@]1(C)O3. The zero-order valence-corrected chi connectivity index (χ0v) is 27.4. The van der Waals surface area contributed by atoms with Crippen molar-refractivity contribution in [3.63, 3.8) is 0 Å². The summed E-state index contributed by atoms with van der Waals surface area (Å²) in [5, 5.41) is 10.7. The van der Waals surface area contributed by atoms with Crippen LogP contribution in [0.3, 0.4) is 0 Å². The third-order valence-corrected chi connectivity index (χ3v) is 9.90. The highest BCUT2D eigenvalue weighted by Gasteiger charge is 2.79. The number of ether oxygens (including phenoxy) is 2. The molecule has 3 aliphatic heterocycles. The van der Waals surface area contributed by atoms with Gasteiger partial charge in [0.25, 0.3) is 5.91 Å². The first-order valence-electron chi connectivity index (χ1n) is 16.2. The van der Waals surface area contributed by atoms with Crippen molar-refractivity contribution in [1.82, 2.24) is 9.80 Å². The van der Waals surface area contributed by atoms with Gasteiger partial charge in [0, 0.05) is 25.3 Å². The Hall–Kier alpha value is -3.95. The molecule has 3 saturated heterocycles. The Morgan fingerprint density at radius 1 is 1.07 bits per heavy atom. The number of aliphatic hydroxyl groups excluding tert-OH is 1. The van der Waals surface area contributed by atoms with Crippen LogP contribution < -0.4 is 9.64 Å². The summed E-state index contributed by atoms with van der Waals surface area (Å²) in [6, 6.07) is 15.2. The van der Waals surface area contributed by atoms with E-state index in [4.69, 9.17) is 9.47 Å². The minimum atomic E-state index is -1.23. The maximum absolute atomic E-state index is 14.9. The Morgan fingerprint density at radius 2 is 1.74 bits per heavy atom. The number of aliphatic hydroxyl groups is 1. The van der Waals surface area contributed by atoms with Crippen LogP contribution in [0.1, 0.15) is 45.6 Å². The molecule has 2 bridgehead atoms. The molecule has 0 aromatic heterocycles. The predicted octanol–water partition coefficient (Wildman–Crippen LogP) is 4.60. The molecule has 5 rings (SSSR count). The summed E-state index contributed by atoms with van der Waals surface area (Å²) in [6.07, 6.45) is 4.80. The lowest BCUT2D eigenvalue weighted by atomic mass is 9.66. The van der Waals surface area contributed by atoms with Crippen molar-refractivity contribution in [1.29, 1.82) is 0 Å². The van der Waals surface area contributed by atoms with Crippen LogP contribution in [0.5, 0.6) is 5.75 Å². The summed E-state index contributed by atoms with van der Waals surface area (Å²) in [5.41, 5.74) is -0.583. The second-order valence-electron chi connectivity index (χ2n) is 13.4. The van der Waals surface area contributed by atoms with Crippen molar-refractivity contribution in [2.75, 3.05) is 31.7 Å². The number of benzene rings is 2. The van der Waals surface area contributed by atoms with Gasteiger partial charge in [-0.1, -0.05) is 56.3 Å². The van der Waals surface area contributed by atoms with Crippen LogP contribution >= 0.6 is 0 Å². The van der Waals surface area contributed by atoms with Crippen molar-refractivity contribution >= 4 is 23.4 Å². The third kappa shape index (κ3) is 5.75. The fourth-order valence-corrected chi connectivity index (χ4v) is 7.98. The molecule has 6 atom stereocenters. The summed E-state index contributed by atoms with van der Waals surface area (Å²) in [4.78, 5) is 49.2. The molecule has 3 aliphatic rings. The maximum atomic E-state index is 14.9. The topological polar surface area (TPSA) is 99.6 Å². The van der Waals surface area contributed by atoms with Crippen molar-refractivity contribution in [2.45, 2.75) is 69.9 Å². The van der Waals surface area contributed by atoms with Crippen LogP contribution in [0.4, 0.5) is 5.69 Å². The number of hydrogen-bond donors (Lipinski definition) is 1. The van der Waals surface area contributed by atoms with Gasteiger partial charge in [0.2, 0.25) is 11.8 Å². The zero-order valence-electron chi connectivity index (χ0n) is 27.4. The summed E-state index contributed by atoms with van der Waals surface area (Å²) in [6.45, 7) is 14.3. The Bertz CT molecular complexity index is 1440. The number of carbonyl (C=O) groups excluding carboxylic acids is 3. The van der Waals surface area contributed by atoms with E-state index in [0.29, 0.717) is 43.8 Å². The second-order valence-corrected chi connectivity index (χ2v) is 13.4. The number of rotatable bonds is 14. The molecule has 3 heterocycles. The minimum absolute atomic E-state index is 0.144. The molecule has 2 aromatic carbocycles. The molecule has 246 valence electrons. The molecule has 0 saturated carbocycles. The molecule has 0 radical (unpaired) electrons.